The zero-order valence-corrected chi connectivity index (χ0v) is 12.5. The van der Waals surface area contributed by atoms with E-state index in [9.17, 15) is 4.79 Å². The van der Waals surface area contributed by atoms with E-state index in [1.54, 1.807) is 10.6 Å². The summed E-state index contributed by atoms with van der Waals surface area (Å²) in [5, 5.41) is 16.5. The molecule has 0 fully saturated rings. The van der Waals surface area contributed by atoms with Crippen molar-refractivity contribution >= 4 is 33.4 Å². The number of nitrogens with one attached hydrogen (secondary N) is 1. The molecule has 0 unspecified atom stereocenters. The Morgan fingerprint density at radius 3 is 2.74 bits per heavy atom. The van der Waals surface area contributed by atoms with E-state index in [-0.39, 0.29) is 12.0 Å². The summed E-state index contributed by atoms with van der Waals surface area (Å²) in [6, 6.07) is 3.63. The molecule has 19 heavy (non-hydrogen) atoms. The highest BCUT2D eigenvalue weighted by molar-refractivity contribution is 9.10. The van der Waals surface area contributed by atoms with Crippen molar-refractivity contribution in [3.8, 4) is 0 Å². The maximum Gasteiger partial charge on any atom is 0.309 e. The Hall–Kier alpha value is -1.63. The van der Waals surface area contributed by atoms with Crippen LogP contribution in [0.1, 0.15) is 26.5 Å². The average Bonchev–Trinajstić information content (AvgIpc) is 2.54. The van der Waals surface area contributed by atoms with Crippen LogP contribution in [0.2, 0.25) is 0 Å². The lowest BCUT2D eigenvalue weighted by Gasteiger charge is -2.20. The highest BCUT2D eigenvalue weighted by Crippen LogP contribution is 2.20. The molecule has 2 rings (SSSR count). The van der Waals surface area contributed by atoms with Crippen molar-refractivity contribution in [1.29, 1.82) is 0 Å². The average molecular weight is 327 g/mol. The number of carboxylic acids is 1. The Labute approximate surface area is 119 Å². The Morgan fingerprint density at radius 1 is 1.47 bits per heavy atom. The highest BCUT2D eigenvalue weighted by atomic mass is 79.9. The summed E-state index contributed by atoms with van der Waals surface area (Å²) in [4.78, 5) is 15.0. The standard InChI is InChI=1S/C12H15BrN4O2/c1-12(2,3)15-8-4-5-9-14-7(6-10(18)19)11(13)17(9)16-8/h4-5H,6H2,1-3H3,(H,15,16)(H,18,19). The van der Waals surface area contributed by atoms with Gasteiger partial charge in [0, 0.05) is 5.54 Å². The summed E-state index contributed by atoms with van der Waals surface area (Å²) in [6.07, 6.45) is -0.133. The SMILES string of the molecule is CC(C)(C)Nc1ccc2nc(CC(=O)O)c(Br)n2n1. The maximum absolute atomic E-state index is 10.7. The molecule has 2 aromatic heterocycles. The van der Waals surface area contributed by atoms with Crippen LogP contribution in [0, 0.1) is 0 Å². The summed E-state index contributed by atoms with van der Waals surface area (Å²) < 4.78 is 2.16. The fraction of sp³-hybridized carbons (Fsp3) is 0.417. The van der Waals surface area contributed by atoms with Crippen LogP contribution in [0.3, 0.4) is 0 Å². The lowest BCUT2D eigenvalue weighted by Crippen LogP contribution is -2.27. The van der Waals surface area contributed by atoms with Crippen LogP contribution in [-0.2, 0) is 11.2 Å². The molecule has 0 saturated heterocycles. The van der Waals surface area contributed by atoms with Crippen LogP contribution in [0.4, 0.5) is 5.82 Å². The summed E-state index contributed by atoms with van der Waals surface area (Å²) in [5.41, 5.74) is 0.980. The topological polar surface area (TPSA) is 79.5 Å². The first kappa shape index (κ1) is 13.8. The quantitative estimate of drug-likeness (QED) is 0.904. The molecular formula is C12H15BrN4O2. The number of carboxylic acid groups (broad SMARTS) is 1. The number of aromatic nitrogens is 3. The Balaban J connectivity index is 2.42. The van der Waals surface area contributed by atoms with Gasteiger partial charge in [-0.15, -0.1) is 5.10 Å². The molecule has 0 aliphatic carbocycles. The lowest BCUT2D eigenvalue weighted by atomic mass is 10.1. The number of imidazole rings is 1. The van der Waals surface area contributed by atoms with Gasteiger partial charge in [-0.3, -0.25) is 4.79 Å². The zero-order chi connectivity index (χ0) is 14.2. The molecule has 7 heteroatoms. The first-order valence-corrected chi connectivity index (χ1v) is 6.60. The van der Waals surface area contributed by atoms with E-state index in [4.69, 9.17) is 5.11 Å². The monoisotopic (exact) mass is 326 g/mol. The largest absolute Gasteiger partial charge is 0.481 e. The van der Waals surface area contributed by atoms with Crippen molar-refractivity contribution in [2.24, 2.45) is 0 Å². The first-order chi connectivity index (χ1) is 8.76. The molecule has 2 heterocycles. The van der Waals surface area contributed by atoms with Crippen molar-refractivity contribution in [1.82, 2.24) is 14.6 Å². The zero-order valence-electron chi connectivity index (χ0n) is 10.9. The molecular weight excluding hydrogens is 312 g/mol. The number of halogens is 1. The third kappa shape index (κ3) is 3.23. The van der Waals surface area contributed by atoms with Gasteiger partial charge in [0.15, 0.2) is 5.65 Å². The van der Waals surface area contributed by atoms with Gasteiger partial charge in [0.1, 0.15) is 10.4 Å². The molecule has 0 aromatic carbocycles. The molecule has 0 atom stereocenters. The molecule has 2 aromatic rings. The number of hydrogen-bond donors (Lipinski definition) is 2. The van der Waals surface area contributed by atoms with Gasteiger partial charge in [0.05, 0.1) is 12.1 Å². The predicted molar refractivity (Wildman–Crippen MR) is 75.4 cm³/mol. The molecule has 0 radical (unpaired) electrons. The molecule has 6 nitrogen and oxygen atoms in total. The third-order valence-corrected chi connectivity index (χ3v) is 3.10. The number of aliphatic carboxylic acids is 1. The number of nitrogens with zero attached hydrogens (tertiary/aromatic N) is 3. The summed E-state index contributed by atoms with van der Waals surface area (Å²) >= 11 is 3.34. The van der Waals surface area contributed by atoms with Gasteiger partial charge in [0.2, 0.25) is 0 Å². The van der Waals surface area contributed by atoms with Gasteiger partial charge in [-0.2, -0.15) is 0 Å². The number of fused-ring (bicyclic) bond motifs is 1. The Morgan fingerprint density at radius 2 is 2.16 bits per heavy atom. The van der Waals surface area contributed by atoms with E-state index >= 15 is 0 Å². The minimum atomic E-state index is -0.919. The number of anilines is 1. The van der Waals surface area contributed by atoms with Crippen LogP contribution < -0.4 is 5.32 Å². The van der Waals surface area contributed by atoms with Gasteiger partial charge in [-0.25, -0.2) is 9.50 Å². The molecule has 0 amide bonds. The van der Waals surface area contributed by atoms with E-state index in [0.29, 0.717) is 21.8 Å². The van der Waals surface area contributed by atoms with Crippen LogP contribution in [0.5, 0.6) is 0 Å². The molecule has 2 N–H and O–H groups in total. The minimum Gasteiger partial charge on any atom is -0.481 e. The molecule has 0 spiro atoms. The molecule has 0 aliphatic rings. The second kappa shape index (κ2) is 4.80. The molecule has 102 valence electrons. The predicted octanol–water partition coefficient (Wildman–Crippen LogP) is 2.33. The van der Waals surface area contributed by atoms with E-state index < -0.39 is 5.97 Å². The summed E-state index contributed by atoms with van der Waals surface area (Å²) in [5.74, 6) is -0.211. The van der Waals surface area contributed by atoms with Crippen molar-refractivity contribution in [3.63, 3.8) is 0 Å². The second-order valence-corrected chi connectivity index (χ2v) is 6.03. The van der Waals surface area contributed by atoms with Gasteiger partial charge in [-0.05, 0) is 48.8 Å². The van der Waals surface area contributed by atoms with Crippen LogP contribution >= 0.6 is 15.9 Å². The normalized spacial score (nSPS) is 11.8. The van der Waals surface area contributed by atoms with Crippen molar-refractivity contribution in [2.45, 2.75) is 32.7 Å². The van der Waals surface area contributed by atoms with Crippen molar-refractivity contribution in [2.75, 3.05) is 5.32 Å². The summed E-state index contributed by atoms with van der Waals surface area (Å²) in [6.45, 7) is 6.12. The van der Waals surface area contributed by atoms with Gasteiger partial charge in [-0.1, -0.05) is 0 Å². The minimum absolute atomic E-state index is 0.0996. The fourth-order valence-corrected chi connectivity index (χ4v) is 2.15. The van der Waals surface area contributed by atoms with Gasteiger partial charge < -0.3 is 10.4 Å². The van der Waals surface area contributed by atoms with Crippen LogP contribution in [0.25, 0.3) is 5.65 Å². The molecule has 0 bridgehead atoms. The van der Waals surface area contributed by atoms with Gasteiger partial charge in [0.25, 0.3) is 0 Å². The van der Waals surface area contributed by atoms with E-state index in [1.807, 2.05) is 26.8 Å². The van der Waals surface area contributed by atoms with Crippen LogP contribution in [0.15, 0.2) is 16.7 Å². The molecule has 0 saturated carbocycles. The van der Waals surface area contributed by atoms with E-state index in [2.05, 4.69) is 31.3 Å². The first-order valence-electron chi connectivity index (χ1n) is 5.80. The third-order valence-electron chi connectivity index (χ3n) is 2.31. The van der Waals surface area contributed by atoms with Gasteiger partial charge >= 0.3 is 5.97 Å². The maximum atomic E-state index is 10.7. The number of rotatable bonds is 3. The highest BCUT2D eigenvalue weighted by Gasteiger charge is 2.15. The fourth-order valence-electron chi connectivity index (χ4n) is 1.66. The molecule has 0 aliphatic heterocycles. The number of hydrogen-bond acceptors (Lipinski definition) is 4. The lowest BCUT2D eigenvalue weighted by molar-refractivity contribution is -0.136. The Kier molecular flexibility index (Phi) is 3.49. The number of carbonyl (C=O) groups is 1. The van der Waals surface area contributed by atoms with E-state index in [0.717, 1.165) is 0 Å². The second-order valence-electron chi connectivity index (χ2n) is 5.28. The van der Waals surface area contributed by atoms with Crippen LogP contribution in [-0.4, -0.2) is 31.2 Å². The van der Waals surface area contributed by atoms with Crippen molar-refractivity contribution < 1.29 is 9.90 Å². The smallest absolute Gasteiger partial charge is 0.309 e. The summed E-state index contributed by atoms with van der Waals surface area (Å²) in [7, 11) is 0. The van der Waals surface area contributed by atoms with Crippen molar-refractivity contribution in [3.05, 3.63) is 22.4 Å². The Bertz CT molecular complexity index is 630. The van der Waals surface area contributed by atoms with E-state index in [1.165, 1.54) is 0 Å².